The molecule has 1 amide bonds. The van der Waals surface area contributed by atoms with Gasteiger partial charge in [-0.15, -0.1) is 0 Å². The third kappa shape index (κ3) is 5.91. The maximum absolute atomic E-state index is 13.1. The molecule has 8 heteroatoms. The van der Waals surface area contributed by atoms with Gasteiger partial charge in [0, 0.05) is 25.8 Å². The van der Waals surface area contributed by atoms with E-state index in [0.29, 0.717) is 25.1 Å². The summed E-state index contributed by atoms with van der Waals surface area (Å²) in [5.41, 5.74) is 0.938. The molecule has 0 aromatic heterocycles. The van der Waals surface area contributed by atoms with Gasteiger partial charge >= 0.3 is 0 Å². The van der Waals surface area contributed by atoms with Crippen molar-refractivity contribution in [2.45, 2.75) is 11.3 Å². The third-order valence-corrected chi connectivity index (χ3v) is 5.05. The Morgan fingerprint density at radius 2 is 1.88 bits per heavy atom. The van der Waals surface area contributed by atoms with Crippen molar-refractivity contribution >= 4 is 15.9 Å². The molecular formula is C18H21FN2O4S. The van der Waals surface area contributed by atoms with Crippen LogP contribution in [0.25, 0.3) is 0 Å². The lowest BCUT2D eigenvalue weighted by Gasteiger charge is -2.09. The summed E-state index contributed by atoms with van der Waals surface area (Å²) in [5, 5.41) is 2.63. The Kier molecular flexibility index (Phi) is 7.26. The van der Waals surface area contributed by atoms with Crippen molar-refractivity contribution in [3.05, 3.63) is 65.5 Å². The topological polar surface area (TPSA) is 84.5 Å². The molecule has 2 rings (SSSR count). The highest BCUT2D eigenvalue weighted by Gasteiger charge is 2.16. The van der Waals surface area contributed by atoms with Crippen LogP contribution in [0.5, 0.6) is 0 Å². The van der Waals surface area contributed by atoms with E-state index in [-0.39, 0.29) is 28.7 Å². The molecule has 0 heterocycles. The van der Waals surface area contributed by atoms with Crippen LogP contribution in [0.15, 0.2) is 53.4 Å². The fraction of sp³-hybridized carbons (Fsp3) is 0.278. The molecule has 0 saturated heterocycles. The smallest absolute Gasteiger partial charge is 0.251 e. The first-order valence-electron chi connectivity index (χ1n) is 8.04. The highest BCUT2D eigenvalue weighted by molar-refractivity contribution is 7.89. The van der Waals surface area contributed by atoms with Crippen molar-refractivity contribution in [1.29, 1.82) is 0 Å². The normalized spacial score (nSPS) is 11.3. The summed E-state index contributed by atoms with van der Waals surface area (Å²) in [6.45, 7) is 0.819. The van der Waals surface area contributed by atoms with E-state index in [1.807, 2.05) is 0 Å². The second-order valence-electron chi connectivity index (χ2n) is 5.55. The molecule has 2 N–H and O–H groups in total. The summed E-state index contributed by atoms with van der Waals surface area (Å²) >= 11 is 0. The quantitative estimate of drug-likeness (QED) is 0.649. The molecule has 140 valence electrons. The van der Waals surface area contributed by atoms with Crippen LogP contribution in [-0.4, -0.2) is 41.1 Å². The van der Waals surface area contributed by atoms with Crippen molar-refractivity contribution in [3.63, 3.8) is 0 Å². The number of hydrogen-bond acceptors (Lipinski definition) is 4. The molecule has 0 radical (unpaired) electrons. The zero-order valence-electron chi connectivity index (χ0n) is 14.4. The second-order valence-corrected chi connectivity index (χ2v) is 7.32. The Morgan fingerprint density at radius 1 is 1.12 bits per heavy atom. The summed E-state index contributed by atoms with van der Waals surface area (Å²) in [4.78, 5) is 12.0. The van der Waals surface area contributed by atoms with E-state index in [2.05, 4.69) is 10.0 Å². The number of amides is 1. The van der Waals surface area contributed by atoms with Gasteiger partial charge < -0.3 is 10.1 Å². The van der Waals surface area contributed by atoms with E-state index in [9.17, 15) is 17.6 Å². The van der Waals surface area contributed by atoms with E-state index in [0.717, 1.165) is 0 Å². The van der Waals surface area contributed by atoms with E-state index in [1.165, 1.54) is 43.5 Å². The molecule has 0 bridgehead atoms. The molecule has 0 aliphatic rings. The van der Waals surface area contributed by atoms with Crippen LogP contribution in [0, 0.1) is 5.82 Å². The number of nitrogens with one attached hydrogen (secondary N) is 2. The summed E-state index contributed by atoms with van der Waals surface area (Å²) < 4.78 is 45.2. The van der Waals surface area contributed by atoms with Crippen LogP contribution < -0.4 is 10.0 Å². The zero-order chi connectivity index (χ0) is 19.0. The minimum absolute atomic E-state index is 0.00358. The first-order chi connectivity index (χ1) is 12.4. The van der Waals surface area contributed by atoms with Crippen molar-refractivity contribution in [1.82, 2.24) is 10.0 Å². The van der Waals surface area contributed by atoms with E-state index >= 15 is 0 Å². The lowest BCUT2D eigenvalue weighted by molar-refractivity contribution is 0.0937. The molecule has 2 aromatic carbocycles. The van der Waals surface area contributed by atoms with Gasteiger partial charge in [-0.25, -0.2) is 17.5 Å². The monoisotopic (exact) mass is 380 g/mol. The molecule has 0 saturated carbocycles. The first kappa shape index (κ1) is 20.0. The third-order valence-electron chi connectivity index (χ3n) is 3.59. The molecular weight excluding hydrogens is 359 g/mol. The van der Waals surface area contributed by atoms with Gasteiger partial charge in [0.15, 0.2) is 0 Å². The number of methoxy groups -OCH3 is 1. The molecule has 0 atom stereocenters. The number of sulfonamides is 1. The maximum atomic E-state index is 13.1. The summed E-state index contributed by atoms with van der Waals surface area (Å²) in [5.74, 6) is -0.739. The molecule has 0 fully saturated rings. The van der Waals surface area contributed by atoms with E-state index in [1.54, 1.807) is 12.1 Å². The van der Waals surface area contributed by atoms with E-state index < -0.39 is 10.0 Å². The highest BCUT2D eigenvalue weighted by atomic mass is 32.2. The van der Waals surface area contributed by atoms with Gasteiger partial charge in [-0.2, -0.15) is 0 Å². The van der Waals surface area contributed by atoms with Crippen LogP contribution in [0.4, 0.5) is 4.39 Å². The number of ether oxygens (including phenoxy) is 1. The average Bonchev–Trinajstić information content (AvgIpc) is 2.62. The largest absolute Gasteiger partial charge is 0.383 e. The molecule has 2 aromatic rings. The van der Waals surface area contributed by atoms with E-state index in [4.69, 9.17) is 4.74 Å². The Labute approximate surface area is 152 Å². The summed E-state index contributed by atoms with van der Waals surface area (Å²) in [7, 11) is -2.25. The van der Waals surface area contributed by atoms with Gasteiger partial charge in [0.2, 0.25) is 10.0 Å². The van der Waals surface area contributed by atoms with Crippen molar-refractivity contribution in [2.75, 3.05) is 26.8 Å². The predicted octanol–water partition coefficient (Wildman–Crippen LogP) is 1.72. The standard InChI is InChI=1S/C18H21FN2O4S/c1-25-11-10-20-18(22)15-5-3-7-17(13-15)26(23,24)21-9-8-14-4-2-6-16(19)12-14/h2-7,12-13,21H,8-11H2,1H3,(H,20,22). The number of benzene rings is 2. The van der Waals surface area contributed by atoms with Crippen LogP contribution in [0.1, 0.15) is 15.9 Å². The lowest BCUT2D eigenvalue weighted by Crippen LogP contribution is -2.28. The van der Waals surface area contributed by atoms with Crippen molar-refractivity contribution < 1.29 is 22.3 Å². The van der Waals surface area contributed by atoms with Gasteiger partial charge in [-0.1, -0.05) is 18.2 Å². The Bertz CT molecular complexity index is 856. The number of rotatable bonds is 9. The molecule has 0 aliphatic carbocycles. The molecule has 0 unspecified atom stereocenters. The predicted molar refractivity (Wildman–Crippen MR) is 95.9 cm³/mol. The Balaban J connectivity index is 1.99. The number of carbonyl (C=O) groups is 1. The van der Waals surface area contributed by atoms with Crippen LogP contribution in [0.2, 0.25) is 0 Å². The lowest BCUT2D eigenvalue weighted by atomic mass is 10.1. The SMILES string of the molecule is COCCNC(=O)c1cccc(S(=O)(=O)NCCc2cccc(F)c2)c1. The fourth-order valence-electron chi connectivity index (χ4n) is 2.28. The van der Waals surface area contributed by atoms with Gasteiger partial charge in [0.25, 0.3) is 5.91 Å². The highest BCUT2D eigenvalue weighted by Crippen LogP contribution is 2.12. The van der Waals surface area contributed by atoms with Crippen molar-refractivity contribution in [3.8, 4) is 0 Å². The van der Waals surface area contributed by atoms with Crippen LogP contribution in [0.3, 0.4) is 0 Å². The van der Waals surface area contributed by atoms with Gasteiger partial charge in [0.1, 0.15) is 5.82 Å². The van der Waals surface area contributed by atoms with Gasteiger partial charge in [-0.3, -0.25) is 4.79 Å². The van der Waals surface area contributed by atoms with Crippen LogP contribution in [-0.2, 0) is 21.2 Å². The second kappa shape index (κ2) is 9.42. The molecule has 0 aliphatic heterocycles. The van der Waals surface area contributed by atoms with Crippen LogP contribution >= 0.6 is 0 Å². The molecule has 0 spiro atoms. The van der Waals surface area contributed by atoms with Gasteiger partial charge in [-0.05, 0) is 42.3 Å². The average molecular weight is 380 g/mol. The fourth-order valence-corrected chi connectivity index (χ4v) is 3.36. The summed E-state index contributed by atoms with van der Waals surface area (Å²) in [6.07, 6.45) is 0.355. The van der Waals surface area contributed by atoms with Gasteiger partial charge in [0.05, 0.1) is 11.5 Å². The molecule has 26 heavy (non-hydrogen) atoms. The minimum Gasteiger partial charge on any atom is -0.383 e. The zero-order valence-corrected chi connectivity index (χ0v) is 15.2. The minimum atomic E-state index is -3.77. The number of halogens is 1. The van der Waals surface area contributed by atoms with Crippen molar-refractivity contribution in [2.24, 2.45) is 0 Å². The number of hydrogen-bond donors (Lipinski definition) is 2. The maximum Gasteiger partial charge on any atom is 0.251 e. The Hall–Kier alpha value is -2.29. The first-order valence-corrected chi connectivity index (χ1v) is 9.52. The summed E-state index contributed by atoms with van der Waals surface area (Å²) in [6, 6.07) is 11.8. The Morgan fingerprint density at radius 3 is 2.62 bits per heavy atom. The number of carbonyl (C=O) groups excluding carboxylic acids is 1. The molecule has 6 nitrogen and oxygen atoms in total.